The van der Waals surface area contributed by atoms with Crippen molar-refractivity contribution in [3.63, 3.8) is 0 Å². The minimum Gasteiger partial charge on any atom is -0.302 e. The van der Waals surface area contributed by atoms with Crippen molar-refractivity contribution < 1.29 is 0 Å². The van der Waals surface area contributed by atoms with E-state index in [1.54, 1.807) is 22.7 Å². The van der Waals surface area contributed by atoms with Crippen LogP contribution in [0.1, 0.15) is 19.7 Å². The van der Waals surface area contributed by atoms with Crippen LogP contribution in [-0.4, -0.2) is 34.1 Å². The highest BCUT2D eigenvalue weighted by molar-refractivity contribution is 7.18. The van der Waals surface area contributed by atoms with E-state index in [1.807, 2.05) is 22.9 Å². The lowest BCUT2D eigenvalue weighted by atomic mass is 10.2. The largest absolute Gasteiger partial charge is 0.302 e. The molecule has 6 heteroatoms. The van der Waals surface area contributed by atoms with Crippen LogP contribution in [0.4, 0.5) is 0 Å². The van der Waals surface area contributed by atoms with Gasteiger partial charge < -0.3 is 4.90 Å². The van der Waals surface area contributed by atoms with Crippen LogP contribution in [0.15, 0.2) is 27.7 Å². The molecule has 0 saturated heterocycles. The van der Waals surface area contributed by atoms with E-state index in [4.69, 9.17) is 0 Å². The van der Waals surface area contributed by atoms with Gasteiger partial charge in [-0.3, -0.25) is 9.36 Å². The fourth-order valence-corrected chi connectivity index (χ4v) is 4.58. The van der Waals surface area contributed by atoms with Crippen LogP contribution < -0.4 is 5.56 Å². The smallest absolute Gasteiger partial charge is 0.262 e. The van der Waals surface area contributed by atoms with E-state index in [-0.39, 0.29) is 5.56 Å². The van der Waals surface area contributed by atoms with Crippen molar-refractivity contribution in [1.29, 1.82) is 0 Å². The zero-order valence-corrected chi connectivity index (χ0v) is 15.3. The van der Waals surface area contributed by atoms with Crippen LogP contribution in [-0.2, 0) is 6.54 Å². The van der Waals surface area contributed by atoms with Crippen LogP contribution in [0.5, 0.6) is 0 Å². The van der Waals surface area contributed by atoms with Gasteiger partial charge in [-0.25, -0.2) is 4.98 Å². The van der Waals surface area contributed by atoms with Gasteiger partial charge in [0.2, 0.25) is 0 Å². The number of rotatable bonds is 6. The normalized spacial score (nSPS) is 11.7. The molecule has 0 N–H and O–H groups in total. The lowest BCUT2D eigenvalue weighted by Gasteiger charge is -2.19. The first-order valence-electron chi connectivity index (χ1n) is 7.90. The molecule has 3 rings (SSSR count). The van der Waals surface area contributed by atoms with Gasteiger partial charge in [-0.1, -0.05) is 19.9 Å². The summed E-state index contributed by atoms with van der Waals surface area (Å²) in [5.41, 5.74) is 1.11. The summed E-state index contributed by atoms with van der Waals surface area (Å²) in [5.74, 6) is 0.800. The minimum absolute atomic E-state index is 0.0873. The van der Waals surface area contributed by atoms with E-state index in [1.165, 1.54) is 0 Å². The predicted octanol–water partition coefficient (Wildman–Crippen LogP) is 3.84. The monoisotopic (exact) mass is 347 g/mol. The van der Waals surface area contributed by atoms with Crippen molar-refractivity contribution in [1.82, 2.24) is 14.5 Å². The third-order valence-corrected chi connectivity index (χ3v) is 5.98. The molecule has 0 aliphatic heterocycles. The van der Waals surface area contributed by atoms with E-state index in [9.17, 15) is 4.79 Å². The second kappa shape index (κ2) is 6.95. The van der Waals surface area contributed by atoms with E-state index < -0.39 is 0 Å². The molecule has 122 valence electrons. The molecule has 0 aliphatic rings. The topological polar surface area (TPSA) is 38.1 Å². The molecule has 0 fully saturated rings. The Morgan fingerprint density at radius 3 is 2.70 bits per heavy atom. The zero-order chi connectivity index (χ0) is 16.4. The fraction of sp³-hybridized carbons (Fsp3) is 0.412. The van der Waals surface area contributed by atoms with Crippen LogP contribution in [0.25, 0.3) is 20.7 Å². The summed E-state index contributed by atoms with van der Waals surface area (Å²) < 4.78 is 1.82. The Kier molecular flexibility index (Phi) is 4.94. The number of likely N-dealkylation sites (N-methyl/N-ethyl adjacent to an activating group) is 1. The Morgan fingerprint density at radius 2 is 2.04 bits per heavy atom. The van der Waals surface area contributed by atoms with Crippen LogP contribution in [0.3, 0.4) is 0 Å². The highest BCUT2D eigenvalue weighted by Crippen LogP contribution is 2.33. The van der Waals surface area contributed by atoms with Crippen molar-refractivity contribution in [2.45, 2.75) is 27.3 Å². The Balaban J connectivity index is 2.05. The Morgan fingerprint density at radius 1 is 1.26 bits per heavy atom. The highest BCUT2D eigenvalue weighted by atomic mass is 32.1. The van der Waals surface area contributed by atoms with Crippen LogP contribution in [0, 0.1) is 6.92 Å². The third kappa shape index (κ3) is 3.11. The zero-order valence-electron chi connectivity index (χ0n) is 13.7. The van der Waals surface area contributed by atoms with Crippen LogP contribution >= 0.6 is 22.7 Å². The molecule has 4 nitrogen and oxygen atoms in total. The maximum atomic E-state index is 13.0. The Hall–Kier alpha value is -1.50. The first-order chi connectivity index (χ1) is 11.2. The van der Waals surface area contributed by atoms with Gasteiger partial charge in [-0.2, -0.15) is 0 Å². The van der Waals surface area contributed by atoms with Crippen molar-refractivity contribution >= 4 is 32.9 Å². The number of thiophene rings is 2. The summed E-state index contributed by atoms with van der Waals surface area (Å²) in [6.45, 7) is 9.78. The first-order valence-corrected chi connectivity index (χ1v) is 9.66. The van der Waals surface area contributed by atoms with Gasteiger partial charge in [0.15, 0.2) is 0 Å². The summed E-state index contributed by atoms with van der Waals surface area (Å²) >= 11 is 3.22. The van der Waals surface area contributed by atoms with Gasteiger partial charge in [-0.05, 0) is 31.5 Å². The van der Waals surface area contributed by atoms with Crippen molar-refractivity contribution in [3.05, 3.63) is 39.1 Å². The molecule has 3 aromatic rings. The van der Waals surface area contributed by atoms with Gasteiger partial charge in [0.25, 0.3) is 5.56 Å². The second-order valence-electron chi connectivity index (χ2n) is 5.45. The van der Waals surface area contributed by atoms with Crippen LogP contribution in [0.2, 0.25) is 0 Å². The minimum atomic E-state index is 0.0873. The molecule has 0 saturated carbocycles. The summed E-state index contributed by atoms with van der Waals surface area (Å²) in [6.07, 6.45) is 0. The van der Waals surface area contributed by atoms with Gasteiger partial charge in [0, 0.05) is 28.9 Å². The average molecular weight is 348 g/mol. The fourth-order valence-electron chi connectivity index (χ4n) is 2.78. The van der Waals surface area contributed by atoms with E-state index in [0.29, 0.717) is 6.54 Å². The SMILES string of the molecule is CCN(CC)CCn1c(C)nc2scc(-c3cccs3)c2c1=O. The molecule has 0 bridgehead atoms. The lowest BCUT2D eigenvalue weighted by molar-refractivity contribution is 0.288. The maximum absolute atomic E-state index is 13.0. The number of aryl methyl sites for hydroxylation is 1. The molecule has 3 aromatic heterocycles. The molecule has 0 aromatic carbocycles. The molecule has 23 heavy (non-hydrogen) atoms. The van der Waals surface area contributed by atoms with E-state index in [0.717, 1.165) is 46.1 Å². The van der Waals surface area contributed by atoms with Crippen molar-refractivity contribution in [2.75, 3.05) is 19.6 Å². The van der Waals surface area contributed by atoms with E-state index in [2.05, 4.69) is 35.2 Å². The summed E-state index contributed by atoms with van der Waals surface area (Å²) in [5, 5.41) is 4.86. The molecular weight excluding hydrogens is 326 g/mol. The molecule has 0 atom stereocenters. The number of hydrogen-bond donors (Lipinski definition) is 0. The predicted molar refractivity (Wildman–Crippen MR) is 99.7 cm³/mol. The standard InChI is InChI=1S/C17H21N3OS2/c1-4-19(5-2)8-9-20-12(3)18-16-15(17(20)21)13(11-23-16)14-7-6-10-22-14/h6-7,10-11H,4-5,8-9H2,1-3H3. The van der Waals surface area contributed by atoms with Gasteiger partial charge in [0.05, 0.1) is 5.39 Å². The molecule has 0 amide bonds. The van der Waals surface area contributed by atoms with Gasteiger partial charge in [-0.15, -0.1) is 22.7 Å². The first kappa shape index (κ1) is 16.4. The van der Waals surface area contributed by atoms with Crippen molar-refractivity contribution in [3.8, 4) is 10.4 Å². The molecule has 0 unspecified atom stereocenters. The number of hydrogen-bond acceptors (Lipinski definition) is 5. The molecule has 0 spiro atoms. The summed E-state index contributed by atoms with van der Waals surface area (Å²) in [6, 6.07) is 4.08. The number of fused-ring (bicyclic) bond motifs is 1. The summed E-state index contributed by atoms with van der Waals surface area (Å²) in [4.78, 5) is 22.0. The third-order valence-electron chi connectivity index (χ3n) is 4.21. The average Bonchev–Trinajstić information content (AvgIpc) is 3.19. The Bertz CT molecular complexity index is 845. The second-order valence-corrected chi connectivity index (χ2v) is 7.26. The molecule has 0 aliphatic carbocycles. The van der Waals surface area contributed by atoms with E-state index >= 15 is 0 Å². The number of aromatic nitrogens is 2. The number of nitrogens with zero attached hydrogens (tertiary/aromatic N) is 3. The molecule has 0 radical (unpaired) electrons. The maximum Gasteiger partial charge on any atom is 0.262 e. The molecular formula is C17H21N3OS2. The lowest BCUT2D eigenvalue weighted by Crippen LogP contribution is -2.32. The summed E-state index contributed by atoms with van der Waals surface area (Å²) in [7, 11) is 0. The molecule has 3 heterocycles. The van der Waals surface area contributed by atoms with Crippen molar-refractivity contribution in [2.24, 2.45) is 0 Å². The van der Waals surface area contributed by atoms with Gasteiger partial charge in [0.1, 0.15) is 10.7 Å². The quantitative estimate of drug-likeness (QED) is 0.680. The highest BCUT2D eigenvalue weighted by Gasteiger charge is 2.16. The van der Waals surface area contributed by atoms with Gasteiger partial charge >= 0.3 is 0 Å². The Labute approximate surface area is 144 Å².